The fourth-order valence-electron chi connectivity index (χ4n) is 2.03. The molecule has 21 heavy (non-hydrogen) atoms. The third kappa shape index (κ3) is 4.93. The number of hydrogen-bond donors (Lipinski definition) is 0. The maximum absolute atomic E-state index is 3.35. The van der Waals surface area contributed by atoms with E-state index >= 15 is 0 Å². The topological polar surface area (TPSA) is 0 Å². The van der Waals surface area contributed by atoms with Crippen LogP contribution in [0.3, 0.4) is 0 Å². The number of hydrogen-bond acceptors (Lipinski definition) is 0. The fraction of sp³-hybridized carbons (Fsp3) is 0.0526. The molecule has 0 aliphatic rings. The van der Waals surface area contributed by atoms with Crippen molar-refractivity contribution >= 4 is 0 Å². The van der Waals surface area contributed by atoms with Crippen molar-refractivity contribution in [1.29, 1.82) is 0 Å². The molecule has 0 N–H and O–H groups in total. The Labute approximate surface area is 177 Å². The van der Waals surface area contributed by atoms with Crippen LogP contribution in [-0.4, -0.2) is 0 Å². The van der Waals surface area contributed by atoms with Gasteiger partial charge in [-0.3, -0.25) is 11.6 Å². The third-order valence-corrected chi connectivity index (χ3v) is 2.97. The Morgan fingerprint density at radius 2 is 1.43 bits per heavy atom. The number of rotatable bonds is 2. The first-order valence-corrected chi connectivity index (χ1v) is 6.23. The Hall–Kier alpha value is -0.132. The van der Waals surface area contributed by atoms with Gasteiger partial charge < -0.3 is 29.3 Å². The van der Waals surface area contributed by atoms with E-state index in [4.69, 9.17) is 0 Å². The predicted molar refractivity (Wildman–Crippen MR) is 77.4 cm³/mol. The van der Waals surface area contributed by atoms with Crippen LogP contribution in [0, 0.1) is 31.2 Å². The molecule has 3 aromatic carbocycles. The van der Waals surface area contributed by atoms with Crippen LogP contribution in [0.1, 0.15) is 5.56 Å². The summed E-state index contributed by atoms with van der Waals surface area (Å²) in [5.41, 5.74) is 5.31. The van der Waals surface area contributed by atoms with Gasteiger partial charge in [0.15, 0.2) is 0 Å². The summed E-state index contributed by atoms with van der Waals surface area (Å²) in [4.78, 5) is 0. The van der Waals surface area contributed by atoms with Gasteiger partial charge in [-0.05, 0) is 0 Å². The van der Waals surface area contributed by atoms with Crippen molar-refractivity contribution < 1.29 is 65.4 Å². The van der Waals surface area contributed by atoms with Gasteiger partial charge in [-0.2, -0.15) is 17.2 Å². The standard InChI is InChI=1S/C19H12.2Y/c1-15-7-5-10-17(13-15)19-12-6-11-18(14-19)16-8-3-2-4-9-16;;/h2-8,10,14H,1H3;;/q-4;;. The van der Waals surface area contributed by atoms with Gasteiger partial charge in [-0.1, -0.05) is 6.92 Å². The van der Waals surface area contributed by atoms with E-state index in [9.17, 15) is 0 Å². The minimum atomic E-state index is 0. The summed E-state index contributed by atoms with van der Waals surface area (Å²) in [6.07, 6.45) is 0. The summed E-state index contributed by atoms with van der Waals surface area (Å²) in [6, 6.07) is 31.0. The molecule has 0 amide bonds. The van der Waals surface area contributed by atoms with E-state index in [2.05, 4.69) is 36.4 Å². The van der Waals surface area contributed by atoms with Gasteiger partial charge in [0.1, 0.15) is 0 Å². The zero-order valence-corrected chi connectivity index (χ0v) is 17.5. The summed E-state index contributed by atoms with van der Waals surface area (Å²) >= 11 is 0. The summed E-state index contributed by atoms with van der Waals surface area (Å²) < 4.78 is 0. The molecule has 0 heterocycles. The second-order valence-corrected chi connectivity index (χ2v) is 4.43. The van der Waals surface area contributed by atoms with E-state index in [-0.39, 0.29) is 65.4 Å². The van der Waals surface area contributed by atoms with E-state index in [1.807, 2.05) is 49.4 Å². The maximum Gasteiger partial charge on any atom is 0 e. The Morgan fingerprint density at radius 1 is 0.714 bits per heavy atom. The van der Waals surface area contributed by atoms with E-state index in [1.165, 1.54) is 0 Å². The van der Waals surface area contributed by atoms with Gasteiger partial charge in [-0.15, -0.1) is 36.4 Å². The van der Waals surface area contributed by atoms with Crippen LogP contribution in [0.15, 0.2) is 54.6 Å². The molecule has 2 radical (unpaired) electrons. The van der Waals surface area contributed by atoms with Crippen LogP contribution in [0.2, 0.25) is 0 Å². The molecule has 0 fully saturated rings. The van der Waals surface area contributed by atoms with Crippen LogP contribution in [0.5, 0.6) is 0 Å². The average Bonchev–Trinajstić information content (AvgIpc) is 2.48. The molecule has 3 rings (SSSR count). The van der Waals surface area contributed by atoms with E-state index in [0.717, 1.165) is 27.8 Å². The molecule has 98 valence electrons. The van der Waals surface area contributed by atoms with Crippen molar-refractivity contribution in [1.82, 2.24) is 0 Å². The van der Waals surface area contributed by atoms with Gasteiger partial charge >= 0.3 is 0 Å². The smallest absolute Gasteiger partial charge is 0 e. The minimum Gasteiger partial charge on any atom is -0.368 e. The molecule has 0 unspecified atom stereocenters. The Kier molecular flexibility index (Phi) is 8.20. The van der Waals surface area contributed by atoms with E-state index in [0.29, 0.717) is 0 Å². The summed E-state index contributed by atoms with van der Waals surface area (Å²) in [6.45, 7) is 2.05. The van der Waals surface area contributed by atoms with E-state index in [1.54, 1.807) is 0 Å². The van der Waals surface area contributed by atoms with Gasteiger partial charge in [0.25, 0.3) is 0 Å². The SMILES string of the molecule is Cc1[c-]c(-c2[c-]c[c-]c(-c3[c-]cccc3)c2)ccc1.[Y].[Y]. The molecule has 0 aliphatic heterocycles. The van der Waals surface area contributed by atoms with Crippen LogP contribution < -0.4 is 0 Å². The van der Waals surface area contributed by atoms with Gasteiger partial charge in [-0.25, -0.2) is 12.1 Å². The summed E-state index contributed by atoms with van der Waals surface area (Å²) in [5, 5.41) is 0. The molecule has 0 atom stereocenters. The number of benzene rings is 3. The van der Waals surface area contributed by atoms with Crippen molar-refractivity contribution in [2.75, 3.05) is 0 Å². The second kappa shape index (κ2) is 9.11. The van der Waals surface area contributed by atoms with Crippen molar-refractivity contribution in [3.05, 3.63) is 84.4 Å². The van der Waals surface area contributed by atoms with Crippen molar-refractivity contribution in [3.8, 4) is 22.3 Å². The average molecular weight is 418 g/mol. The zero-order chi connectivity index (χ0) is 13.1. The zero-order valence-electron chi connectivity index (χ0n) is 11.9. The molecular weight excluding hydrogens is 406 g/mol. The van der Waals surface area contributed by atoms with Gasteiger partial charge in [0, 0.05) is 65.4 Å². The monoisotopic (exact) mass is 418 g/mol. The Balaban J connectivity index is 0.00000110. The van der Waals surface area contributed by atoms with E-state index < -0.39 is 0 Å². The van der Waals surface area contributed by atoms with Crippen molar-refractivity contribution in [2.24, 2.45) is 0 Å². The molecule has 0 saturated carbocycles. The normalized spacial score (nSPS) is 9.38. The molecule has 2 heteroatoms. The van der Waals surface area contributed by atoms with Gasteiger partial charge in [0.2, 0.25) is 0 Å². The molecule has 0 bridgehead atoms. The largest absolute Gasteiger partial charge is 0.368 e. The van der Waals surface area contributed by atoms with Crippen LogP contribution >= 0.6 is 0 Å². The second-order valence-electron chi connectivity index (χ2n) is 4.43. The maximum atomic E-state index is 3.35. The summed E-state index contributed by atoms with van der Waals surface area (Å²) in [7, 11) is 0. The molecule has 3 aromatic rings. The third-order valence-electron chi connectivity index (χ3n) is 2.97. The first-order chi connectivity index (χ1) is 9.33. The van der Waals surface area contributed by atoms with Crippen LogP contribution in [0.4, 0.5) is 0 Å². The predicted octanol–water partition coefficient (Wildman–Crippen LogP) is 4.52. The molecule has 0 nitrogen and oxygen atoms in total. The van der Waals surface area contributed by atoms with Crippen LogP contribution in [-0.2, 0) is 65.4 Å². The van der Waals surface area contributed by atoms with Crippen molar-refractivity contribution in [3.63, 3.8) is 0 Å². The first kappa shape index (κ1) is 18.9. The first-order valence-electron chi connectivity index (χ1n) is 6.23. The molecule has 0 saturated heterocycles. The van der Waals surface area contributed by atoms with Gasteiger partial charge in [0.05, 0.1) is 0 Å². The van der Waals surface area contributed by atoms with Crippen LogP contribution in [0.25, 0.3) is 22.3 Å². The molecule has 0 aromatic heterocycles. The van der Waals surface area contributed by atoms with Crippen molar-refractivity contribution in [2.45, 2.75) is 6.92 Å². The fourth-order valence-corrected chi connectivity index (χ4v) is 2.03. The summed E-state index contributed by atoms with van der Waals surface area (Å²) in [5.74, 6) is 0. The Bertz CT molecular complexity index is 691. The Morgan fingerprint density at radius 3 is 2.10 bits per heavy atom. The molecule has 0 spiro atoms. The molecular formula is C19H12Y2-4. The molecule has 0 aliphatic carbocycles. The minimum absolute atomic E-state index is 0. The quantitative estimate of drug-likeness (QED) is 0.537. The number of aryl methyl sites for hydroxylation is 1.